The summed E-state index contributed by atoms with van der Waals surface area (Å²) in [5.74, 6) is 0. The molecule has 0 bridgehead atoms. The summed E-state index contributed by atoms with van der Waals surface area (Å²) in [7, 11) is 0. The van der Waals surface area contributed by atoms with Crippen LogP contribution >= 0.6 is 11.3 Å². The highest BCUT2D eigenvalue weighted by molar-refractivity contribution is 7.20. The van der Waals surface area contributed by atoms with Crippen LogP contribution in [-0.4, -0.2) is 10.2 Å². The van der Waals surface area contributed by atoms with Crippen LogP contribution in [0.4, 0.5) is 0 Å². The quantitative estimate of drug-likeness (QED) is 0.447. The number of hydrogen-bond donors (Lipinski definition) is 0. The summed E-state index contributed by atoms with van der Waals surface area (Å²) in [6.45, 7) is 8.63. The first kappa shape index (κ1) is 14.3. The van der Waals surface area contributed by atoms with Crippen LogP contribution in [0.1, 0.15) is 21.6 Å². The van der Waals surface area contributed by atoms with Crippen molar-refractivity contribution in [1.29, 1.82) is 0 Å². The van der Waals surface area contributed by atoms with E-state index in [1.165, 1.54) is 42.4 Å². The van der Waals surface area contributed by atoms with Crippen molar-refractivity contribution in [2.45, 2.75) is 27.7 Å². The fraction of sp³-hybridized carbons (Fsp3) is 0.200. The van der Waals surface area contributed by atoms with Gasteiger partial charge in [0.05, 0.1) is 6.20 Å². The number of thiophene rings is 1. The van der Waals surface area contributed by atoms with Gasteiger partial charge in [-0.3, -0.25) is 0 Å². The summed E-state index contributed by atoms with van der Waals surface area (Å²) in [4.78, 5) is 1.37. The molecule has 4 aromatic rings. The van der Waals surface area contributed by atoms with E-state index in [9.17, 15) is 0 Å². The third-order valence-corrected chi connectivity index (χ3v) is 5.73. The molecular weight excluding hydrogens is 300 g/mol. The van der Waals surface area contributed by atoms with Crippen LogP contribution < -0.4 is 0 Å². The molecule has 114 valence electrons. The number of hydrogen-bond acceptors (Lipinski definition) is 3. The van der Waals surface area contributed by atoms with Gasteiger partial charge in [0.2, 0.25) is 0 Å². The third-order valence-electron chi connectivity index (χ3n) is 4.48. The van der Waals surface area contributed by atoms with Crippen molar-refractivity contribution in [1.82, 2.24) is 10.2 Å². The van der Waals surface area contributed by atoms with Crippen LogP contribution in [0.5, 0.6) is 0 Å². The Morgan fingerprint density at radius 1 is 0.826 bits per heavy atom. The molecule has 2 aromatic carbocycles. The van der Waals surface area contributed by atoms with E-state index in [4.69, 9.17) is 0 Å². The van der Waals surface area contributed by atoms with E-state index in [-0.39, 0.29) is 0 Å². The van der Waals surface area contributed by atoms with Crippen molar-refractivity contribution >= 4 is 32.2 Å². The maximum atomic E-state index is 4.45. The Morgan fingerprint density at radius 2 is 1.52 bits per heavy atom. The van der Waals surface area contributed by atoms with Gasteiger partial charge in [-0.1, -0.05) is 29.3 Å². The molecule has 0 spiro atoms. The highest BCUT2D eigenvalue weighted by Gasteiger charge is 2.13. The molecule has 0 unspecified atom stereocenters. The number of aryl methyl sites for hydroxylation is 4. The normalized spacial score (nSPS) is 11.5. The summed E-state index contributed by atoms with van der Waals surface area (Å²) < 4.78 is 1.32. The van der Waals surface area contributed by atoms with Crippen LogP contribution in [-0.2, 0) is 0 Å². The van der Waals surface area contributed by atoms with Gasteiger partial charge in [0, 0.05) is 25.9 Å². The van der Waals surface area contributed by atoms with Crippen LogP contribution in [0.25, 0.3) is 32.1 Å². The molecule has 2 nitrogen and oxygen atoms in total. The highest BCUT2D eigenvalue weighted by Crippen LogP contribution is 2.38. The summed E-state index contributed by atoms with van der Waals surface area (Å²) in [5.41, 5.74) is 5.99. The number of benzene rings is 2. The fourth-order valence-electron chi connectivity index (χ4n) is 3.28. The fourth-order valence-corrected chi connectivity index (χ4v) is 4.45. The molecule has 3 heteroatoms. The molecule has 0 aliphatic carbocycles. The molecule has 4 rings (SSSR count). The van der Waals surface area contributed by atoms with Crippen molar-refractivity contribution in [3.63, 3.8) is 0 Å². The van der Waals surface area contributed by atoms with Crippen LogP contribution in [0, 0.1) is 27.7 Å². The molecule has 0 atom stereocenters. The minimum absolute atomic E-state index is 0.972. The molecule has 0 N–H and O–H groups in total. The lowest BCUT2D eigenvalue weighted by atomic mass is 10.00. The highest BCUT2D eigenvalue weighted by atomic mass is 32.1. The van der Waals surface area contributed by atoms with E-state index in [2.05, 4.69) is 68.2 Å². The van der Waals surface area contributed by atoms with E-state index in [1.54, 1.807) is 0 Å². The summed E-state index contributed by atoms with van der Waals surface area (Å²) >= 11 is 1.85. The lowest BCUT2D eigenvalue weighted by molar-refractivity contribution is 1.06. The lowest BCUT2D eigenvalue weighted by Gasteiger charge is -2.08. The predicted octanol–water partition coefficient (Wildman–Crippen LogP) is 5.75. The molecule has 0 amide bonds. The van der Waals surface area contributed by atoms with Gasteiger partial charge >= 0.3 is 0 Å². The number of fused-ring (bicyclic) bond motifs is 3. The largest absolute Gasteiger partial charge is 0.158 e. The van der Waals surface area contributed by atoms with Gasteiger partial charge in [-0.05, 0) is 50.8 Å². The summed E-state index contributed by atoms with van der Waals surface area (Å²) in [5, 5.41) is 12.5. The van der Waals surface area contributed by atoms with Crippen LogP contribution in [0.2, 0.25) is 0 Å². The molecular formula is C20H18N2S. The maximum Gasteiger partial charge on any atom is 0.101 e. The standard InChI is InChI=1S/C20H18N2S/c1-11-7-12(2)9-15(8-11)19-17-6-5-16-13(3)14(4)23-20(16)18(17)10-21-22-19/h5-10H,1-4H3. The Labute approximate surface area is 139 Å². The SMILES string of the molecule is Cc1cc(C)cc(-c2nncc3c2ccc2c(C)c(C)sc23)c1. The molecule has 0 fully saturated rings. The van der Waals surface area contributed by atoms with Crippen molar-refractivity contribution in [2.24, 2.45) is 0 Å². The molecule has 0 saturated heterocycles. The van der Waals surface area contributed by atoms with Crippen LogP contribution in [0.15, 0.2) is 36.5 Å². The number of nitrogens with zero attached hydrogens (tertiary/aromatic N) is 2. The van der Waals surface area contributed by atoms with Gasteiger partial charge in [0.15, 0.2) is 0 Å². The van der Waals surface area contributed by atoms with Gasteiger partial charge in [0.25, 0.3) is 0 Å². The minimum Gasteiger partial charge on any atom is -0.158 e. The average molecular weight is 318 g/mol. The van der Waals surface area contributed by atoms with Gasteiger partial charge < -0.3 is 0 Å². The molecule has 0 aliphatic heterocycles. The molecule has 0 aliphatic rings. The minimum atomic E-state index is 0.972. The van der Waals surface area contributed by atoms with Crippen molar-refractivity contribution in [3.8, 4) is 11.3 Å². The van der Waals surface area contributed by atoms with Crippen molar-refractivity contribution in [2.75, 3.05) is 0 Å². The van der Waals surface area contributed by atoms with E-state index < -0.39 is 0 Å². The third kappa shape index (κ3) is 2.23. The van der Waals surface area contributed by atoms with E-state index in [0.717, 1.165) is 11.3 Å². The van der Waals surface area contributed by atoms with Gasteiger partial charge in [-0.25, -0.2) is 0 Å². The Morgan fingerprint density at radius 3 is 2.26 bits per heavy atom. The average Bonchev–Trinajstić information content (AvgIpc) is 2.81. The van der Waals surface area contributed by atoms with Crippen LogP contribution in [0.3, 0.4) is 0 Å². The van der Waals surface area contributed by atoms with E-state index >= 15 is 0 Å². The molecule has 2 aromatic heterocycles. The van der Waals surface area contributed by atoms with Gasteiger partial charge in [-0.15, -0.1) is 16.4 Å². The second kappa shape index (κ2) is 5.14. The smallest absolute Gasteiger partial charge is 0.101 e. The number of aromatic nitrogens is 2. The zero-order valence-corrected chi connectivity index (χ0v) is 14.6. The van der Waals surface area contributed by atoms with Gasteiger partial charge in [-0.2, -0.15) is 5.10 Å². The molecule has 2 heterocycles. The predicted molar refractivity (Wildman–Crippen MR) is 99.3 cm³/mol. The first-order valence-corrected chi connectivity index (χ1v) is 8.59. The Hall–Kier alpha value is -2.26. The van der Waals surface area contributed by atoms with Crippen molar-refractivity contribution < 1.29 is 0 Å². The second-order valence-electron chi connectivity index (χ2n) is 6.26. The molecule has 23 heavy (non-hydrogen) atoms. The first-order valence-electron chi connectivity index (χ1n) is 7.77. The summed E-state index contributed by atoms with van der Waals surface area (Å²) in [6.07, 6.45) is 1.90. The first-order chi connectivity index (χ1) is 11.0. The topological polar surface area (TPSA) is 25.8 Å². The second-order valence-corrected chi connectivity index (χ2v) is 7.48. The zero-order chi connectivity index (χ0) is 16.1. The monoisotopic (exact) mass is 318 g/mol. The van der Waals surface area contributed by atoms with Crippen molar-refractivity contribution in [3.05, 3.63) is 58.1 Å². The number of rotatable bonds is 1. The summed E-state index contributed by atoms with van der Waals surface area (Å²) in [6, 6.07) is 11.0. The Kier molecular flexibility index (Phi) is 3.20. The zero-order valence-electron chi connectivity index (χ0n) is 13.8. The molecule has 0 saturated carbocycles. The molecule has 0 radical (unpaired) electrons. The maximum absolute atomic E-state index is 4.45. The van der Waals surface area contributed by atoms with Gasteiger partial charge in [0.1, 0.15) is 5.69 Å². The van der Waals surface area contributed by atoms with E-state index in [0.29, 0.717) is 0 Å². The van der Waals surface area contributed by atoms with E-state index in [1.807, 2.05) is 17.5 Å². The Bertz CT molecular complexity index is 1040. The lowest BCUT2D eigenvalue weighted by Crippen LogP contribution is -1.91. The Balaban J connectivity index is 2.09.